The maximum Gasteiger partial charge on any atom is 0.0640 e. The van der Waals surface area contributed by atoms with Crippen LogP contribution in [-0.2, 0) is 10.8 Å². The van der Waals surface area contributed by atoms with E-state index in [0.29, 0.717) is 0 Å². The van der Waals surface area contributed by atoms with Crippen molar-refractivity contribution in [2.75, 3.05) is 9.80 Å². The van der Waals surface area contributed by atoms with Gasteiger partial charge < -0.3 is 9.80 Å². The Morgan fingerprint density at radius 3 is 1.17 bits per heavy atom. The summed E-state index contributed by atoms with van der Waals surface area (Å²) in [6.45, 7) is 13.7. The molecule has 0 saturated carbocycles. The standard InChI is InChI=1S/C72H60N2S/c1-71(2,3)58-35-39-60(40-36-58)73(62-30-15-27-55(45-62)53-25-13-23-51(43-53)49-19-9-7-10-20-49)67-33-17-29-57-47-69-66(48-65(57)67)64-32-18-34-68(70(64)75-69)74(61-41-37-59(38-42-61)72(4,5)6)63-31-16-28-56(46-63)54-26-14-24-52(44-54)50-21-11-8-12-22-50/h7-48H,1-6H3. The molecule has 75 heavy (non-hydrogen) atoms. The zero-order chi connectivity index (χ0) is 51.3. The highest BCUT2D eigenvalue weighted by Gasteiger charge is 2.23. The average Bonchev–Trinajstić information content (AvgIpc) is 3.81. The average molecular weight is 985 g/mol. The van der Waals surface area contributed by atoms with Crippen LogP contribution in [0.4, 0.5) is 34.1 Å². The van der Waals surface area contributed by atoms with Crippen LogP contribution in [0.1, 0.15) is 52.7 Å². The van der Waals surface area contributed by atoms with Crippen molar-refractivity contribution in [3.8, 4) is 44.5 Å². The zero-order valence-electron chi connectivity index (χ0n) is 43.6. The number of anilines is 6. The van der Waals surface area contributed by atoms with E-state index in [1.165, 1.54) is 86.6 Å². The first kappa shape index (κ1) is 47.5. The van der Waals surface area contributed by atoms with Crippen LogP contribution in [-0.4, -0.2) is 0 Å². The highest BCUT2D eigenvalue weighted by Crippen LogP contribution is 2.49. The minimum Gasteiger partial charge on any atom is -0.310 e. The lowest BCUT2D eigenvalue weighted by Gasteiger charge is -2.28. The van der Waals surface area contributed by atoms with Gasteiger partial charge in [-0.25, -0.2) is 0 Å². The molecule has 3 heteroatoms. The molecule has 0 bridgehead atoms. The molecule has 1 heterocycles. The summed E-state index contributed by atoms with van der Waals surface area (Å²) in [5, 5.41) is 4.90. The minimum atomic E-state index is 0.0275. The van der Waals surface area contributed by atoms with E-state index < -0.39 is 0 Å². The summed E-state index contributed by atoms with van der Waals surface area (Å²) in [7, 11) is 0. The number of thiophene rings is 1. The molecule has 0 atom stereocenters. The fourth-order valence-electron chi connectivity index (χ4n) is 10.7. The maximum absolute atomic E-state index is 2.46. The third-order valence-electron chi connectivity index (χ3n) is 14.7. The molecule has 0 aliphatic rings. The van der Waals surface area contributed by atoms with Gasteiger partial charge in [-0.1, -0.05) is 211 Å². The molecule has 12 rings (SSSR count). The third-order valence-corrected chi connectivity index (χ3v) is 15.9. The molecule has 0 amide bonds. The summed E-state index contributed by atoms with van der Waals surface area (Å²) in [6.07, 6.45) is 0. The number of hydrogen-bond acceptors (Lipinski definition) is 3. The summed E-state index contributed by atoms with van der Waals surface area (Å²) in [5.41, 5.74) is 19.0. The van der Waals surface area contributed by atoms with E-state index >= 15 is 0 Å². The van der Waals surface area contributed by atoms with E-state index in [0.717, 1.165) is 34.1 Å². The molecular weight excluding hydrogens is 925 g/mol. The minimum absolute atomic E-state index is 0.0275. The van der Waals surface area contributed by atoms with Gasteiger partial charge in [-0.2, -0.15) is 0 Å². The van der Waals surface area contributed by atoms with Crippen LogP contribution in [0.15, 0.2) is 255 Å². The van der Waals surface area contributed by atoms with E-state index in [4.69, 9.17) is 0 Å². The lowest BCUT2D eigenvalue weighted by Crippen LogP contribution is -2.13. The van der Waals surface area contributed by atoms with Gasteiger partial charge in [0.1, 0.15) is 0 Å². The first-order chi connectivity index (χ1) is 36.4. The third kappa shape index (κ3) is 9.41. The van der Waals surface area contributed by atoms with Crippen molar-refractivity contribution in [2.45, 2.75) is 52.4 Å². The molecule has 0 N–H and O–H groups in total. The van der Waals surface area contributed by atoms with Gasteiger partial charge in [-0.3, -0.25) is 0 Å². The Hall–Kier alpha value is -8.50. The first-order valence-corrected chi connectivity index (χ1v) is 27.0. The smallest absolute Gasteiger partial charge is 0.0640 e. The van der Waals surface area contributed by atoms with E-state index in [-0.39, 0.29) is 10.8 Å². The molecule has 12 aromatic rings. The molecule has 0 aliphatic heterocycles. The monoisotopic (exact) mass is 984 g/mol. The van der Waals surface area contributed by atoms with E-state index in [9.17, 15) is 0 Å². The van der Waals surface area contributed by atoms with Gasteiger partial charge in [0.25, 0.3) is 0 Å². The van der Waals surface area contributed by atoms with Gasteiger partial charge in [0.05, 0.1) is 16.1 Å². The Labute approximate surface area is 446 Å². The van der Waals surface area contributed by atoms with Crippen LogP contribution in [0, 0.1) is 0 Å². The molecule has 0 fully saturated rings. The van der Waals surface area contributed by atoms with Gasteiger partial charge >= 0.3 is 0 Å². The molecule has 0 spiro atoms. The van der Waals surface area contributed by atoms with Crippen LogP contribution in [0.3, 0.4) is 0 Å². The number of fused-ring (bicyclic) bond motifs is 4. The molecule has 0 radical (unpaired) electrons. The van der Waals surface area contributed by atoms with Gasteiger partial charge in [-0.15, -0.1) is 11.3 Å². The van der Waals surface area contributed by atoms with Crippen LogP contribution in [0.2, 0.25) is 0 Å². The van der Waals surface area contributed by atoms with Gasteiger partial charge in [0.2, 0.25) is 0 Å². The molecule has 0 saturated heterocycles. The topological polar surface area (TPSA) is 6.48 Å². The Balaban J connectivity index is 1.01. The van der Waals surface area contributed by atoms with Gasteiger partial charge in [0, 0.05) is 43.6 Å². The van der Waals surface area contributed by atoms with Crippen LogP contribution < -0.4 is 9.80 Å². The fourth-order valence-corrected chi connectivity index (χ4v) is 11.9. The number of rotatable bonds is 10. The maximum atomic E-state index is 2.46. The normalized spacial score (nSPS) is 11.9. The van der Waals surface area contributed by atoms with Crippen LogP contribution >= 0.6 is 11.3 Å². The molecule has 1 aromatic heterocycles. The van der Waals surface area contributed by atoms with Crippen molar-refractivity contribution in [2.24, 2.45) is 0 Å². The molecule has 0 aliphatic carbocycles. The largest absolute Gasteiger partial charge is 0.310 e. The van der Waals surface area contributed by atoms with Crippen molar-refractivity contribution in [3.63, 3.8) is 0 Å². The van der Waals surface area contributed by atoms with E-state index in [1.807, 2.05) is 11.3 Å². The number of benzene rings is 11. The van der Waals surface area contributed by atoms with Crippen molar-refractivity contribution in [3.05, 3.63) is 266 Å². The lowest BCUT2D eigenvalue weighted by atomic mass is 9.87. The van der Waals surface area contributed by atoms with Gasteiger partial charge in [-0.05, 0) is 157 Å². The Bertz CT molecular complexity index is 4010. The molecular formula is C72H60N2S. The highest BCUT2D eigenvalue weighted by molar-refractivity contribution is 7.26. The quantitative estimate of drug-likeness (QED) is 0.135. The van der Waals surface area contributed by atoms with Crippen LogP contribution in [0.5, 0.6) is 0 Å². The predicted molar refractivity (Wildman–Crippen MR) is 325 cm³/mol. The molecule has 364 valence electrons. The highest BCUT2D eigenvalue weighted by atomic mass is 32.1. The van der Waals surface area contributed by atoms with E-state index in [1.54, 1.807) is 0 Å². The van der Waals surface area contributed by atoms with Gasteiger partial charge in [0.15, 0.2) is 0 Å². The number of hydrogen-bond donors (Lipinski definition) is 0. The van der Waals surface area contributed by atoms with Crippen LogP contribution in [0.25, 0.3) is 75.5 Å². The Morgan fingerprint density at radius 1 is 0.280 bits per heavy atom. The number of nitrogens with zero attached hydrogens (tertiary/aromatic N) is 2. The molecule has 11 aromatic carbocycles. The zero-order valence-corrected chi connectivity index (χ0v) is 44.4. The first-order valence-electron chi connectivity index (χ1n) is 26.1. The van der Waals surface area contributed by atoms with E-state index in [2.05, 4.69) is 306 Å². The Kier molecular flexibility index (Phi) is 12.3. The molecule has 0 unspecified atom stereocenters. The second-order valence-electron chi connectivity index (χ2n) is 21.9. The summed E-state index contributed by atoms with van der Waals surface area (Å²) in [5.74, 6) is 0. The second-order valence-corrected chi connectivity index (χ2v) is 22.9. The van der Waals surface area contributed by atoms with Crippen molar-refractivity contribution >= 4 is 76.4 Å². The van der Waals surface area contributed by atoms with Crippen molar-refractivity contribution in [1.29, 1.82) is 0 Å². The lowest BCUT2D eigenvalue weighted by molar-refractivity contribution is 0.590. The summed E-state index contributed by atoms with van der Waals surface area (Å²) >= 11 is 1.88. The molecule has 2 nitrogen and oxygen atoms in total. The SMILES string of the molecule is CC(C)(C)c1ccc(N(c2cccc(-c3cccc(-c4ccccc4)c3)c2)c2cccc3cc4sc5c(N(c6ccc(C(C)(C)C)cc6)c6cccc(-c7cccc(-c8ccccc8)c7)c6)cccc5c4cc23)cc1. The van der Waals surface area contributed by atoms with Crippen molar-refractivity contribution < 1.29 is 0 Å². The van der Waals surface area contributed by atoms with Crippen molar-refractivity contribution in [1.82, 2.24) is 0 Å². The summed E-state index contributed by atoms with van der Waals surface area (Å²) in [4.78, 5) is 4.92. The summed E-state index contributed by atoms with van der Waals surface area (Å²) in [6, 6.07) is 94.1. The summed E-state index contributed by atoms with van der Waals surface area (Å²) < 4.78 is 2.51. The second kappa shape index (κ2) is 19.4. The predicted octanol–water partition coefficient (Wildman–Crippen LogP) is 21.4. The Morgan fingerprint density at radius 2 is 0.680 bits per heavy atom. The fraction of sp³-hybridized carbons (Fsp3) is 0.111.